The Labute approximate surface area is 204 Å². The van der Waals surface area contributed by atoms with Gasteiger partial charge in [-0.15, -0.1) is 0 Å². The number of benzene rings is 1. The zero-order valence-electron chi connectivity index (χ0n) is 19.8. The molecule has 36 heavy (non-hydrogen) atoms. The number of aromatic nitrogens is 2. The molecule has 0 N–H and O–H groups in total. The van der Waals surface area contributed by atoms with E-state index < -0.39 is 23.6 Å². The van der Waals surface area contributed by atoms with Crippen LogP contribution in [0.1, 0.15) is 36.7 Å². The van der Waals surface area contributed by atoms with Gasteiger partial charge in [-0.25, -0.2) is 9.37 Å². The van der Waals surface area contributed by atoms with Gasteiger partial charge in [0.05, 0.1) is 17.1 Å². The molecule has 1 saturated heterocycles. The van der Waals surface area contributed by atoms with Crippen LogP contribution in [0, 0.1) is 17.1 Å². The van der Waals surface area contributed by atoms with Gasteiger partial charge in [-0.1, -0.05) is 6.07 Å². The van der Waals surface area contributed by atoms with Gasteiger partial charge in [0, 0.05) is 37.8 Å². The summed E-state index contributed by atoms with van der Waals surface area (Å²) < 4.78 is 61.1. The normalized spacial score (nSPS) is 20.9. The topological polar surface area (TPSA) is 74.4 Å². The fourth-order valence-electron chi connectivity index (χ4n) is 5.24. The van der Waals surface area contributed by atoms with Crippen LogP contribution in [0.3, 0.4) is 0 Å². The summed E-state index contributed by atoms with van der Waals surface area (Å²) in [5.74, 6) is -0.730. The highest BCUT2D eigenvalue weighted by atomic mass is 19.4. The van der Waals surface area contributed by atoms with Gasteiger partial charge in [-0.2, -0.15) is 18.4 Å². The van der Waals surface area contributed by atoms with Gasteiger partial charge in [-0.05, 0) is 38.1 Å². The molecule has 3 aromatic rings. The van der Waals surface area contributed by atoms with E-state index >= 15 is 0 Å². The molecular weight excluding hydrogens is 478 g/mol. The third kappa shape index (κ3) is 3.76. The van der Waals surface area contributed by atoms with Crippen molar-refractivity contribution < 1.29 is 22.3 Å². The molecule has 0 aliphatic carbocycles. The smallest absolute Gasteiger partial charge is 0.416 e. The van der Waals surface area contributed by atoms with Crippen LogP contribution >= 0.6 is 0 Å². The predicted molar refractivity (Wildman–Crippen MR) is 124 cm³/mol. The number of nitriles is 1. The van der Waals surface area contributed by atoms with Crippen LogP contribution in [0.25, 0.3) is 11.0 Å². The zero-order valence-corrected chi connectivity index (χ0v) is 19.8. The average Bonchev–Trinajstić information content (AvgIpc) is 2.85. The number of anilines is 1. The van der Waals surface area contributed by atoms with Crippen LogP contribution in [-0.2, 0) is 13.2 Å². The van der Waals surface area contributed by atoms with Crippen LogP contribution in [0.4, 0.5) is 23.2 Å². The van der Waals surface area contributed by atoms with Crippen molar-refractivity contribution in [3.63, 3.8) is 0 Å². The summed E-state index contributed by atoms with van der Waals surface area (Å²) in [5, 5.41) is 9.36. The Kier molecular flexibility index (Phi) is 5.67. The quantitative estimate of drug-likeness (QED) is 0.495. The standard InChI is InChI=1S/C25H23F4N5O2/c1-13-10-34-17(11-33(13)14(2)18-6-4-15(8-19(18)26)25(27,28)29)12-36-23-22(34)21-20(32(3)24(23)35)7-5-16(9-30)31-21/h4-8,13-14,17H,10-12H2,1-3H3/t13-,14+,17+/m1/s1. The van der Waals surface area contributed by atoms with Crippen molar-refractivity contribution in [2.75, 3.05) is 24.6 Å². The second-order valence-corrected chi connectivity index (χ2v) is 9.29. The minimum atomic E-state index is -4.62. The number of aryl methyl sites for hydroxylation is 1. The van der Waals surface area contributed by atoms with Gasteiger partial charge >= 0.3 is 6.18 Å². The van der Waals surface area contributed by atoms with Crippen LogP contribution in [-0.4, -0.2) is 46.2 Å². The summed E-state index contributed by atoms with van der Waals surface area (Å²) in [6.07, 6.45) is -4.62. The van der Waals surface area contributed by atoms with Crippen molar-refractivity contribution in [3.05, 3.63) is 63.3 Å². The van der Waals surface area contributed by atoms with Crippen LogP contribution < -0.4 is 15.2 Å². The first-order valence-corrected chi connectivity index (χ1v) is 11.5. The Hall–Kier alpha value is -3.65. The number of hydrogen-bond donors (Lipinski definition) is 0. The molecule has 1 fully saturated rings. The first kappa shape index (κ1) is 24.1. The monoisotopic (exact) mass is 501 g/mol. The molecule has 0 unspecified atom stereocenters. The van der Waals surface area contributed by atoms with Crippen molar-refractivity contribution in [1.29, 1.82) is 5.26 Å². The van der Waals surface area contributed by atoms with E-state index in [0.29, 0.717) is 35.9 Å². The highest BCUT2D eigenvalue weighted by Crippen LogP contribution is 2.41. The van der Waals surface area contributed by atoms with Crippen molar-refractivity contribution in [2.45, 2.75) is 38.1 Å². The van der Waals surface area contributed by atoms with E-state index in [1.807, 2.05) is 22.8 Å². The molecule has 0 radical (unpaired) electrons. The third-order valence-corrected chi connectivity index (χ3v) is 7.16. The maximum Gasteiger partial charge on any atom is 0.416 e. The molecule has 0 amide bonds. The minimum Gasteiger partial charge on any atom is -0.484 e. The SMILES string of the molecule is C[C@@H]1CN2c3c(c(=O)n(C)c4ccc(C#N)nc34)OC[C@@H]2CN1[C@@H](C)c1ccc(C(F)(F)F)cc1F. The summed E-state index contributed by atoms with van der Waals surface area (Å²) in [7, 11) is 1.62. The Bertz CT molecular complexity index is 1460. The van der Waals surface area contributed by atoms with Crippen LogP contribution in [0.5, 0.6) is 5.75 Å². The molecule has 5 rings (SSSR count). The second-order valence-electron chi connectivity index (χ2n) is 9.29. The average molecular weight is 501 g/mol. The lowest BCUT2D eigenvalue weighted by atomic mass is 9.97. The molecule has 1 aromatic carbocycles. The van der Waals surface area contributed by atoms with Crippen molar-refractivity contribution in [2.24, 2.45) is 7.05 Å². The van der Waals surface area contributed by atoms with E-state index in [-0.39, 0.29) is 41.3 Å². The maximum atomic E-state index is 14.7. The predicted octanol–water partition coefficient (Wildman–Crippen LogP) is 4.00. The molecule has 2 aliphatic heterocycles. The van der Waals surface area contributed by atoms with E-state index in [4.69, 9.17) is 4.74 Å². The van der Waals surface area contributed by atoms with Crippen molar-refractivity contribution >= 4 is 16.7 Å². The van der Waals surface area contributed by atoms with Gasteiger partial charge < -0.3 is 14.2 Å². The first-order chi connectivity index (χ1) is 17.0. The van der Waals surface area contributed by atoms with Gasteiger partial charge in [-0.3, -0.25) is 9.69 Å². The summed E-state index contributed by atoms with van der Waals surface area (Å²) in [5.41, 5.74) is 0.641. The fourth-order valence-corrected chi connectivity index (χ4v) is 5.24. The first-order valence-electron chi connectivity index (χ1n) is 11.5. The number of alkyl halides is 3. The summed E-state index contributed by atoms with van der Waals surface area (Å²) in [6, 6.07) is 7.05. The summed E-state index contributed by atoms with van der Waals surface area (Å²) in [4.78, 5) is 21.6. The highest BCUT2D eigenvalue weighted by molar-refractivity contribution is 5.93. The molecule has 188 valence electrons. The molecule has 2 aromatic heterocycles. The summed E-state index contributed by atoms with van der Waals surface area (Å²) in [6.45, 7) is 4.80. The molecule has 2 aliphatic rings. The number of nitrogens with zero attached hydrogens (tertiary/aromatic N) is 5. The third-order valence-electron chi connectivity index (χ3n) is 7.16. The minimum absolute atomic E-state index is 0.137. The second kappa shape index (κ2) is 8.48. The van der Waals surface area contributed by atoms with Crippen molar-refractivity contribution in [3.8, 4) is 11.8 Å². The lowest BCUT2D eigenvalue weighted by Gasteiger charge is -2.50. The molecule has 0 saturated carbocycles. The summed E-state index contributed by atoms with van der Waals surface area (Å²) >= 11 is 0. The van der Waals surface area contributed by atoms with Gasteiger partial charge in [0.1, 0.15) is 35.4 Å². The van der Waals surface area contributed by atoms with Gasteiger partial charge in [0.2, 0.25) is 5.75 Å². The Morgan fingerprint density at radius 3 is 2.64 bits per heavy atom. The van der Waals surface area contributed by atoms with E-state index in [2.05, 4.69) is 4.98 Å². The molecule has 4 heterocycles. The number of fused-ring (bicyclic) bond motifs is 5. The van der Waals surface area contributed by atoms with Gasteiger partial charge in [0.15, 0.2) is 0 Å². The number of hydrogen-bond acceptors (Lipinski definition) is 6. The number of rotatable bonds is 2. The molecule has 0 bridgehead atoms. The van der Waals surface area contributed by atoms with Crippen LogP contribution in [0.2, 0.25) is 0 Å². The molecule has 0 spiro atoms. The number of pyridine rings is 2. The number of halogens is 4. The van der Waals surface area contributed by atoms with E-state index in [1.54, 1.807) is 26.1 Å². The molecule has 3 atom stereocenters. The molecule has 7 nitrogen and oxygen atoms in total. The maximum absolute atomic E-state index is 14.7. The van der Waals surface area contributed by atoms with E-state index in [1.165, 1.54) is 10.6 Å². The van der Waals surface area contributed by atoms with Gasteiger partial charge in [0.25, 0.3) is 5.56 Å². The van der Waals surface area contributed by atoms with Crippen molar-refractivity contribution in [1.82, 2.24) is 14.5 Å². The highest BCUT2D eigenvalue weighted by Gasteiger charge is 2.41. The van der Waals surface area contributed by atoms with E-state index in [0.717, 1.165) is 6.07 Å². The number of piperazine rings is 1. The molecule has 11 heteroatoms. The lowest BCUT2D eigenvalue weighted by Crippen LogP contribution is -2.61. The Morgan fingerprint density at radius 1 is 1.22 bits per heavy atom. The zero-order chi connectivity index (χ0) is 25.9. The molecular formula is C25H23F4N5O2. The largest absolute Gasteiger partial charge is 0.484 e. The Morgan fingerprint density at radius 2 is 1.97 bits per heavy atom. The fraction of sp³-hybridized carbons (Fsp3) is 0.400. The Balaban J connectivity index is 1.51. The van der Waals surface area contributed by atoms with E-state index in [9.17, 15) is 27.6 Å². The number of ether oxygens (including phenoxy) is 1. The van der Waals surface area contributed by atoms with Crippen LogP contribution in [0.15, 0.2) is 35.1 Å². The lowest BCUT2D eigenvalue weighted by molar-refractivity contribution is -0.137.